The lowest BCUT2D eigenvalue weighted by atomic mass is 10.1. The van der Waals surface area contributed by atoms with Gasteiger partial charge in [0.1, 0.15) is 18.3 Å². The molecule has 1 aliphatic rings. The molecule has 2 aromatic carbocycles. The number of hydrogen-bond donors (Lipinski definition) is 6. The highest BCUT2D eigenvalue weighted by molar-refractivity contribution is 5.78. The van der Waals surface area contributed by atoms with E-state index in [4.69, 9.17) is 24.4 Å². The van der Waals surface area contributed by atoms with Crippen LogP contribution in [0.15, 0.2) is 42.5 Å². The standard InChI is InChI=1S/C27H37N3O8/c31-11-3-5-13-36-21-10-9-18(15-22(21)37-14-6-4-12-32)16-28-27-29-19-7-1-2-8-20(19)30(27)26-25(35)24(34)23(17-33)38-26/h1-2,7-10,15,23-26,31-35H,3-6,11-14,16-17H2,(H,28,29)/t23-,24-,25-,26-/m1/s1. The summed E-state index contributed by atoms with van der Waals surface area (Å²) in [5, 5.41) is 51.9. The molecule has 0 unspecified atom stereocenters. The Labute approximate surface area is 221 Å². The summed E-state index contributed by atoms with van der Waals surface area (Å²) in [6.07, 6.45) is -1.58. The molecule has 11 heteroatoms. The molecule has 0 spiro atoms. The molecule has 1 aromatic heterocycles. The van der Waals surface area contributed by atoms with Gasteiger partial charge in [-0.2, -0.15) is 0 Å². The third kappa shape index (κ3) is 6.55. The van der Waals surface area contributed by atoms with Crippen LogP contribution in [0.2, 0.25) is 0 Å². The van der Waals surface area contributed by atoms with Gasteiger partial charge >= 0.3 is 0 Å². The monoisotopic (exact) mass is 531 g/mol. The second-order valence-electron chi connectivity index (χ2n) is 9.22. The number of fused-ring (bicyclic) bond motifs is 1. The van der Waals surface area contributed by atoms with Crippen LogP contribution >= 0.6 is 0 Å². The molecule has 0 radical (unpaired) electrons. The minimum absolute atomic E-state index is 0.105. The van der Waals surface area contributed by atoms with Crippen molar-refractivity contribution in [1.29, 1.82) is 0 Å². The van der Waals surface area contributed by atoms with Crippen molar-refractivity contribution in [2.45, 2.75) is 56.8 Å². The van der Waals surface area contributed by atoms with Crippen molar-refractivity contribution in [1.82, 2.24) is 9.55 Å². The fourth-order valence-electron chi connectivity index (χ4n) is 4.39. The number of unbranched alkanes of at least 4 members (excludes halogenated alkanes) is 2. The summed E-state index contributed by atoms with van der Waals surface area (Å²) in [6.45, 7) is 1.07. The molecule has 0 amide bonds. The lowest BCUT2D eigenvalue weighted by Crippen LogP contribution is -2.33. The van der Waals surface area contributed by atoms with Crippen molar-refractivity contribution < 1.29 is 39.7 Å². The van der Waals surface area contributed by atoms with Crippen molar-refractivity contribution in [3.63, 3.8) is 0 Å². The molecule has 1 aliphatic heterocycles. The van der Waals surface area contributed by atoms with Crippen LogP contribution in [0.25, 0.3) is 11.0 Å². The van der Waals surface area contributed by atoms with Crippen LogP contribution in [0.4, 0.5) is 5.95 Å². The Morgan fingerprint density at radius 2 is 1.58 bits per heavy atom. The van der Waals surface area contributed by atoms with Gasteiger partial charge in [0, 0.05) is 19.8 Å². The van der Waals surface area contributed by atoms with E-state index in [9.17, 15) is 15.3 Å². The number of aromatic nitrogens is 2. The van der Waals surface area contributed by atoms with E-state index < -0.39 is 31.1 Å². The van der Waals surface area contributed by atoms with E-state index in [1.807, 2.05) is 42.5 Å². The van der Waals surface area contributed by atoms with Gasteiger partial charge in [-0.1, -0.05) is 18.2 Å². The number of aliphatic hydroxyl groups is 5. The van der Waals surface area contributed by atoms with Gasteiger partial charge in [0.15, 0.2) is 17.7 Å². The van der Waals surface area contributed by atoms with E-state index in [-0.39, 0.29) is 13.2 Å². The zero-order valence-electron chi connectivity index (χ0n) is 21.3. The van der Waals surface area contributed by atoms with Crippen molar-refractivity contribution in [3.8, 4) is 11.5 Å². The van der Waals surface area contributed by atoms with E-state index in [2.05, 4.69) is 10.3 Å². The van der Waals surface area contributed by atoms with Crippen LogP contribution in [0.1, 0.15) is 37.5 Å². The van der Waals surface area contributed by atoms with Crippen LogP contribution in [0.5, 0.6) is 11.5 Å². The van der Waals surface area contributed by atoms with Crippen LogP contribution in [0, 0.1) is 0 Å². The topological polar surface area (TPSA) is 159 Å². The third-order valence-electron chi connectivity index (χ3n) is 6.45. The first kappa shape index (κ1) is 28.1. The smallest absolute Gasteiger partial charge is 0.206 e. The Morgan fingerprint density at radius 1 is 0.868 bits per heavy atom. The average molecular weight is 532 g/mol. The Kier molecular flexibility index (Phi) is 10.2. The first-order valence-corrected chi connectivity index (χ1v) is 13.0. The maximum absolute atomic E-state index is 10.7. The van der Waals surface area contributed by atoms with Gasteiger partial charge in [-0.3, -0.25) is 4.57 Å². The zero-order chi connectivity index (χ0) is 26.9. The highest BCUT2D eigenvalue weighted by atomic mass is 16.6. The number of para-hydroxylation sites is 2. The molecule has 1 fully saturated rings. The first-order valence-electron chi connectivity index (χ1n) is 13.0. The number of anilines is 1. The lowest BCUT2D eigenvalue weighted by Gasteiger charge is -2.20. The molecule has 11 nitrogen and oxygen atoms in total. The fourth-order valence-corrected chi connectivity index (χ4v) is 4.39. The molecule has 0 aliphatic carbocycles. The summed E-state index contributed by atoms with van der Waals surface area (Å²) in [7, 11) is 0. The molecule has 0 saturated carbocycles. The maximum atomic E-state index is 10.7. The summed E-state index contributed by atoms with van der Waals surface area (Å²) in [5.41, 5.74) is 2.29. The van der Waals surface area contributed by atoms with Crippen LogP contribution in [-0.4, -0.2) is 86.4 Å². The van der Waals surface area contributed by atoms with E-state index in [0.29, 0.717) is 67.5 Å². The Bertz CT molecular complexity index is 1160. The highest BCUT2D eigenvalue weighted by Crippen LogP contribution is 2.35. The number of benzene rings is 2. The minimum atomic E-state index is -1.24. The van der Waals surface area contributed by atoms with Gasteiger partial charge in [-0.05, 0) is 55.5 Å². The molecule has 4 atom stereocenters. The molecule has 6 N–H and O–H groups in total. The number of nitrogens with one attached hydrogen (secondary N) is 1. The summed E-state index contributed by atoms with van der Waals surface area (Å²) in [6, 6.07) is 13.0. The fraction of sp³-hybridized carbons (Fsp3) is 0.519. The molecule has 208 valence electrons. The number of rotatable bonds is 15. The highest BCUT2D eigenvalue weighted by Gasteiger charge is 2.44. The zero-order valence-corrected chi connectivity index (χ0v) is 21.3. The predicted molar refractivity (Wildman–Crippen MR) is 140 cm³/mol. The molecule has 4 rings (SSSR count). The summed E-state index contributed by atoms with van der Waals surface area (Å²) >= 11 is 0. The van der Waals surface area contributed by atoms with Crippen molar-refractivity contribution >= 4 is 17.0 Å². The van der Waals surface area contributed by atoms with Gasteiger partial charge in [-0.25, -0.2) is 4.98 Å². The Hall–Kier alpha value is -2.93. The number of nitrogens with zero attached hydrogens (tertiary/aromatic N) is 2. The molecular weight excluding hydrogens is 494 g/mol. The predicted octanol–water partition coefficient (Wildman–Crippen LogP) is 1.56. The van der Waals surface area contributed by atoms with Gasteiger partial charge in [0.2, 0.25) is 5.95 Å². The molecule has 0 bridgehead atoms. The number of imidazole rings is 1. The number of hydrogen-bond acceptors (Lipinski definition) is 10. The van der Waals surface area contributed by atoms with Gasteiger partial charge < -0.3 is 45.1 Å². The second-order valence-corrected chi connectivity index (χ2v) is 9.22. The van der Waals surface area contributed by atoms with Gasteiger partial charge in [-0.15, -0.1) is 0 Å². The second kappa shape index (κ2) is 13.7. The van der Waals surface area contributed by atoms with Crippen molar-refractivity contribution in [3.05, 3.63) is 48.0 Å². The van der Waals surface area contributed by atoms with Crippen molar-refractivity contribution in [2.24, 2.45) is 0 Å². The first-order chi connectivity index (χ1) is 18.6. The molecule has 38 heavy (non-hydrogen) atoms. The SMILES string of the molecule is OCCCCOc1ccc(CNc2nc3ccccc3n2[C@@H]2O[C@H](CO)[C@@H](O)[C@H]2O)cc1OCCCCO. The number of aliphatic hydroxyl groups excluding tert-OH is 5. The average Bonchev–Trinajstić information content (AvgIpc) is 3.44. The molecule has 3 aromatic rings. The summed E-state index contributed by atoms with van der Waals surface area (Å²) < 4.78 is 19.3. The summed E-state index contributed by atoms with van der Waals surface area (Å²) in [4.78, 5) is 4.67. The van der Waals surface area contributed by atoms with Crippen LogP contribution in [0.3, 0.4) is 0 Å². The normalized spacial score (nSPS) is 21.2. The van der Waals surface area contributed by atoms with E-state index in [1.165, 1.54) is 0 Å². The van der Waals surface area contributed by atoms with Gasteiger partial charge in [0.25, 0.3) is 0 Å². The molecular formula is C27H37N3O8. The molecule has 2 heterocycles. The summed E-state index contributed by atoms with van der Waals surface area (Å²) in [5.74, 6) is 1.63. The van der Waals surface area contributed by atoms with Crippen LogP contribution < -0.4 is 14.8 Å². The third-order valence-corrected chi connectivity index (χ3v) is 6.45. The van der Waals surface area contributed by atoms with E-state index >= 15 is 0 Å². The maximum Gasteiger partial charge on any atom is 0.206 e. The van der Waals surface area contributed by atoms with Crippen molar-refractivity contribution in [2.75, 3.05) is 38.4 Å². The Morgan fingerprint density at radius 3 is 2.26 bits per heavy atom. The minimum Gasteiger partial charge on any atom is -0.490 e. The quantitative estimate of drug-likeness (QED) is 0.159. The molecule has 1 saturated heterocycles. The van der Waals surface area contributed by atoms with E-state index in [0.717, 1.165) is 12.0 Å². The van der Waals surface area contributed by atoms with Crippen LogP contribution in [-0.2, 0) is 11.3 Å². The van der Waals surface area contributed by atoms with E-state index in [1.54, 1.807) is 4.57 Å². The van der Waals surface area contributed by atoms with Gasteiger partial charge in [0.05, 0.1) is 30.9 Å². The largest absolute Gasteiger partial charge is 0.490 e. The Balaban J connectivity index is 1.54. The number of ether oxygens (including phenoxy) is 3. The lowest BCUT2D eigenvalue weighted by molar-refractivity contribution is -0.0499.